The maximum atomic E-state index is 14.0. The van der Waals surface area contributed by atoms with Crippen LogP contribution in [0.4, 0.5) is 17.1 Å². The number of fused-ring (bicyclic) bond motifs is 4. The van der Waals surface area contributed by atoms with Crippen molar-refractivity contribution in [1.29, 1.82) is 0 Å². The lowest BCUT2D eigenvalue weighted by Gasteiger charge is -2.29. The summed E-state index contributed by atoms with van der Waals surface area (Å²) in [5.74, 6) is -4.41. The molecule has 0 aliphatic carbocycles. The Morgan fingerprint density at radius 1 is 1.22 bits per heavy atom. The monoisotopic (exact) mass is 493 g/mol. The van der Waals surface area contributed by atoms with Crippen LogP contribution in [0, 0.1) is 28.9 Å². The minimum absolute atomic E-state index is 0.0495. The number of amides is 4. The molecule has 2 fully saturated rings. The van der Waals surface area contributed by atoms with Gasteiger partial charge in [-0.05, 0) is 25.0 Å². The van der Waals surface area contributed by atoms with Gasteiger partial charge in [0.15, 0.2) is 5.75 Å². The summed E-state index contributed by atoms with van der Waals surface area (Å²) in [6.45, 7) is 1.55. The smallest absolute Gasteiger partial charge is 0.311 e. The van der Waals surface area contributed by atoms with Crippen LogP contribution in [0.1, 0.15) is 24.0 Å². The van der Waals surface area contributed by atoms with E-state index in [-0.39, 0.29) is 30.0 Å². The number of nitro groups is 1. The average molecular weight is 493 g/mol. The van der Waals surface area contributed by atoms with Gasteiger partial charge in [0.1, 0.15) is 5.54 Å². The van der Waals surface area contributed by atoms with E-state index in [2.05, 4.69) is 10.6 Å². The molecule has 3 aliphatic heterocycles. The van der Waals surface area contributed by atoms with Crippen LogP contribution in [0.5, 0.6) is 5.75 Å². The van der Waals surface area contributed by atoms with Gasteiger partial charge in [0.25, 0.3) is 0 Å². The highest BCUT2D eigenvalue weighted by Gasteiger charge is 2.70. The lowest BCUT2D eigenvalue weighted by Crippen LogP contribution is -2.53. The molecule has 1 spiro atoms. The number of rotatable bonds is 6. The number of ether oxygens (including phenoxy) is 1. The Hall–Kier alpha value is -4.32. The SMILES string of the molecule is COc1cc(N2C(=O)[C@@H]3[C@H](CCC(N)=O)N[C@@]4(C(=O)Nc5ccccc54)[C@H]3C2=O)c(C)cc1[N+](=O)[O-]. The van der Waals surface area contributed by atoms with Crippen molar-refractivity contribution in [2.75, 3.05) is 17.3 Å². The van der Waals surface area contributed by atoms with Gasteiger partial charge in [0, 0.05) is 35.8 Å². The number of carbonyl (C=O) groups is 4. The van der Waals surface area contributed by atoms with Crippen molar-refractivity contribution < 1.29 is 28.8 Å². The molecule has 4 amide bonds. The van der Waals surface area contributed by atoms with E-state index in [0.29, 0.717) is 16.8 Å². The molecule has 0 radical (unpaired) electrons. The lowest BCUT2D eigenvalue weighted by atomic mass is 9.76. The fourth-order valence-corrected chi connectivity index (χ4v) is 5.75. The molecular weight excluding hydrogens is 470 g/mol. The van der Waals surface area contributed by atoms with Crippen LogP contribution in [0.3, 0.4) is 0 Å². The summed E-state index contributed by atoms with van der Waals surface area (Å²) >= 11 is 0. The number of nitrogens with zero attached hydrogens (tertiary/aromatic N) is 2. The molecule has 0 unspecified atom stereocenters. The number of hydrogen-bond acceptors (Lipinski definition) is 8. The van der Waals surface area contributed by atoms with Gasteiger partial charge in [0.05, 0.1) is 29.6 Å². The third-order valence-electron chi connectivity index (χ3n) is 7.26. The van der Waals surface area contributed by atoms with Crippen molar-refractivity contribution in [2.24, 2.45) is 17.6 Å². The van der Waals surface area contributed by atoms with Crippen LogP contribution in [0.25, 0.3) is 0 Å². The van der Waals surface area contributed by atoms with Gasteiger partial charge in [-0.15, -0.1) is 0 Å². The van der Waals surface area contributed by atoms with Gasteiger partial charge in [-0.3, -0.25) is 34.6 Å². The van der Waals surface area contributed by atoms with Crippen molar-refractivity contribution in [3.05, 3.63) is 57.6 Å². The standard InChI is InChI=1S/C24H23N5O7/c1-11-9-16(29(34)35)17(36-2)10-15(11)28-21(31)19-14(7-8-18(25)30)27-24(20(19)22(28)32)12-5-3-4-6-13(12)26-23(24)33/h3-6,9-10,14,19-20,27H,7-8H2,1-2H3,(H2,25,30)(H,26,33)/t14-,19+,20+,24+/m0/s1. The molecular formula is C24H23N5O7. The number of primary amides is 1. The number of carbonyl (C=O) groups excluding carboxylic acids is 4. The van der Waals surface area contributed by atoms with Gasteiger partial charge in [-0.25, -0.2) is 4.90 Å². The molecule has 12 nitrogen and oxygen atoms in total. The first-order valence-electron chi connectivity index (χ1n) is 11.3. The van der Waals surface area contributed by atoms with E-state index < -0.39 is 52.0 Å². The number of hydrogen-bond donors (Lipinski definition) is 3. The quantitative estimate of drug-likeness (QED) is 0.305. The zero-order valence-electron chi connectivity index (χ0n) is 19.4. The van der Waals surface area contributed by atoms with Crippen molar-refractivity contribution in [1.82, 2.24) is 5.32 Å². The van der Waals surface area contributed by atoms with Crippen molar-refractivity contribution >= 4 is 40.7 Å². The van der Waals surface area contributed by atoms with Gasteiger partial charge in [-0.1, -0.05) is 18.2 Å². The number of imide groups is 1. The van der Waals surface area contributed by atoms with E-state index >= 15 is 0 Å². The second-order valence-electron chi connectivity index (χ2n) is 9.15. The number of nitro benzene ring substituents is 1. The van der Waals surface area contributed by atoms with Gasteiger partial charge < -0.3 is 15.8 Å². The topological polar surface area (TPSA) is 174 Å². The summed E-state index contributed by atoms with van der Waals surface area (Å²) < 4.78 is 5.15. The molecule has 12 heteroatoms. The number of methoxy groups -OCH3 is 1. The molecule has 5 rings (SSSR count). The molecule has 0 saturated carbocycles. The van der Waals surface area contributed by atoms with Crippen LogP contribution < -0.4 is 26.0 Å². The lowest BCUT2D eigenvalue weighted by molar-refractivity contribution is -0.385. The first-order valence-corrected chi connectivity index (χ1v) is 11.3. The first kappa shape index (κ1) is 23.4. The molecule has 3 heterocycles. The number of aryl methyl sites for hydroxylation is 1. The van der Waals surface area contributed by atoms with Crippen molar-refractivity contribution in [3.63, 3.8) is 0 Å². The van der Waals surface area contributed by atoms with E-state index in [9.17, 15) is 29.3 Å². The highest BCUT2D eigenvalue weighted by Crippen LogP contribution is 2.54. The molecule has 3 aliphatic rings. The molecule has 4 N–H and O–H groups in total. The van der Waals surface area contributed by atoms with Crippen LogP contribution in [-0.4, -0.2) is 41.7 Å². The Morgan fingerprint density at radius 3 is 2.61 bits per heavy atom. The molecule has 2 saturated heterocycles. The predicted octanol–water partition coefficient (Wildman–Crippen LogP) is 1.10. The molecule has 0 aromatic heterocycles. The Balaban J connectivity index is 1.66. The molecule has 2 aromatic carbocycles. The molecule has 4 atom stereocenters. The summed E-state index contributed by atoms with van der Waals surface area (Å²) in [6, 6.07) is 8.73. The summed E-state index contributed by atoms with van der Waals surface area (Å²) in [5, 5.41) is 17.5. The van der Waals surface area contributed by atoms with Crippen LogP contribution in [-0.2, 0) is 24.7 Å². The fourth-order valence-electron chi connectivity index (χ4n) is 5.75. The van der Waals surface area contributed by atoms with E-state index in [1.54, 1.807) is 31.2 Å². The Kier molecular flexibility index (Phi) is 5.29. The van der Waals surface area contributed by atoms with E-state index in [1.165, 1.54) is 19.2 Å². The Bertz CT molecular complexity index is 1360. The summed E-state index contributed by atoms with van der Waals surface area (Å²) in [4.78, 5) is 64.6. The maximum Gasteiger partial charge on any atom is 0.311 e. The third kappa shape index (κ3) is 3.10. The average Bonchev–Trinajstić information content (AvgIpc) is 3.42. The zero-order chi connectivity index (χ0) is 25.9. The number of benzene rings is 2. The minimum atomic E-state index is -1.52. The van der Waals surface area contributed by atoms with E-state index in [0.717, 1.165) is 4.90 Å². The number of nitrogens with two attached hydrogens (primary N) is 1. The molecule has 2 aromatic rings. The fraction of sp³-hybridized carbons (Fsp3) is 0.333. The zero-order valence-corrected chi connectivity index (χ0v) is 19.4. The van der Waals surface area contributed by atoms with E-state index in [1.807, 2.05) is 0 Å². The number of nitrogens with one attached hydrogen (secondary N) is 2. The molecule has 36 heavy (non-hydrogen) atoms. The minimum Gasteiger partial charge on any atom is -0.490 e. The number of anilines is 2. The second kappa shape index (κ2) is 8.12. The van der Waals surface area contributed by atoms with Gasteiger partial charge >= 0.3 is 5.69 Å². The Morgan fingerprint density at radius 2 is 1.94 bits per heavy atom. The van der Waals surface area contributed by atoms with E-state index in [4.69, 9.17) is 10.5 Å². The van der Waals surface area contributed by atoms with Crippen LogP contribution in [0.2, 0.25) is 0 Å². The van der Waals surface area contributed by atoms with Crippen LogP contribution in [0.15, 0.2) is 36.4 Å². The summed E-state index contributed by atoms with van der Waals surface area (Å²) in [7, 11) is 1.25. The Labute approximate surface area is 204 Å². The molecule has 0 bridgehead atoms. The predicted molar refractivity (Wildman–Crippen MR) is 126 cm³/mol. The highest BCUT2D eigenvalue weighted by atomic mass is 16.6. The summed E-state index contributed by atoms with van der Waals surface area (Å²) in [6.07, 6.45) is 0.0925. The van der Waals surface area contributed by atoms with Crippen molar-refractivity contribution in [3.8, 4) is 5.75 Å². The summed E-state index contributed by atoms with van der Waals surface area (Å²) in [5.41, 5.74) is 5.03. The number of para-hydroxylation sites is 1. The van der Waals surface area contributed by atoms with Gasteiger partial charge in [0.2, 0.25) is 23.6 Å². The largest absolute Gasteiger partial charge is 0.490 e. The second-order valence-corrected chi connectivity index (χ2v) is 9.15. The van der Waals surface area contributed by atoms with Crippen molar-refractivity contribution in [2.45, 2.75) is 31.3 Å². The highest BCUT2D eigenvalue weighted by molar-refractivity contribution is 6.26. The maximum absolute atomic E-state index is 14.0. The normalized spacial score (nSPS) is 26.2. The first-order chi connectivity index (χ1) is 17.1. The third-order valence-corrected chi connectivity index (χ3v) is 7.26. The van der Waals surface area contributed by atoms with Crippen LogP contribution >= 0.6 is 0 Å². The molecule has 186 valence electrons. The van der Waals surface area contributed by atoms with Gasteiger partial charge in [-0.2, -0.15) is 0 Å².